The maximum atomic E-state index is 8.79. The van der Waals surface area contributed by atoms with Crippen molar-refractivity contribution in [3.8, 4) is 17.3 Å². The van der Waals surface area contributed by atoms with E-state index in [4.69, 9.17) is 5.26 Å². The van der Waals surface area contributed by atoms with Gasteiger partial charge in [-0.2, -0.15) is 5.26 Å². The van der Waals surface area contributed by atoms with Crippen LogP contribution in [-0.4, -0.2) is 15.0 Å². The minimum atomic E-state index is 0.655. The quantitative estimate of drug-likeness (QED) is 0.787. The number of benzene rings is 1. The third kappa shape index (κ3) is 2.57. The molecule has 0 radical (unpaired) electrons. The summed E-state index contributed by atoms with van der Waals surface area (Å²) in [6.45, 7) is 0. The number of aromatic amines is 1. The van der Waals surface area contributed by atoms with E-state index in [1.54, 1.807) is 24.5 Å². The van der Waals surface area contributed by atoms with Crippen LogP contribution in [0, 0.1) is 11.3 Å². The van der Waals surface area contributed by atoms with Crippen LogP contribution in [0.25, 0.3) is 11.3 Å². The number of H-pyrrole nitrogens is 1. The number of rotatable bonds is 3. The van der Waals surface area contributed by atoms with Gasteiger partial charge in [-0.1, -0.05) is 18.2 Å². The Morgan fingerprint density at radius 3 is 2.60 bits per heavy atom. The van der Waals surface area contributed by atoms with Gasteiger partial charge < -0.3 is 4.98 Å². The van der Waals surface area contributed by atoms with Gasteiger partial charge in [0.05, 0.1) is 23.5 Å². The van der Waals surface area contributed by atoms with Crippen LogP contribution in [0.1, 0.15) is 17.1 Å². The largest absolute Gasteiger partial charge is 0.342 e. The highest BCUT2D eigenvalue weighted by molar-refractivity contribution is 5.59. The minimum Gasteiger partial charge on any atom is -0.342 e. The Kier molecular flexibility index (Phi) is 3.25. The number of nitrogens with one attached hydrogen (secondary N) is 1. The van der Waals surface area contributed by atoms with E-state index in [0.29, 0.717) is 12.0 Å². The van der Waals surface area contributed by atoms with Gasteiger partial charge in [0.2, 0.25) is 0 Å². The Morgan fingerprint density at radius 2 is 1.90 bits per heavy atom. The summed E-state index contributed by atoms with van der Waals surface area (Å²) in [6.07, 6.45) is 4.26. The van der Waals surface area contributed by atoms with E-state index < -0.39 is 0 Å². The van der Waals surface area contributed by atoms with Crippen molar-refractivity contribution >= 4 is 0 Å². The van der Waals surface area contributed by atoms with Crippen molar-refractivity contribution in [3.63, 3.8) is 0 Å². The molecule has 0 aliphatic heterocycles. The molecule has 0 spiro atoms. The highest BCUT2D eigenvalue weighted by atomic mass is 14.9. The predicted octanol–water partition coefficient (Wildman–Crippen LogP) is 2.93. The molecule has 4 nitrogen and oxygen atoms in total. The first kappa shape index (κ1) is 12.1. The van der Waals surface area contributed by atoms with Crippen molar-refractivity contribution in [3.05, 3.63) is 71.9 Å². The summed E-state index contributed by atoms with van der Waals surface area (Å²) in [5, 5.41) is 8.79. The third-order valence-corrected chi connectivity index (χ3v) is 3.03. The summed E-state index contributed by atoms with van der Waals surface area (Å²) in [5.74, 6) is 0.878. The summed E-state index contributed by atoms with van der Waals surface area (Å²) in [6, 6.07) is 15.4. The highest BCUT2D eigenvalue weighted by Gasteiger charge is 2.04. The monoisotopic (exact) mass is 260 g/mol. The molecule has 0 unspecified atom stereocenters. The van der Waals surface area contributed by atoms with Crippen LogP contribution < -0.4 is 0 Å². The molecule has 0 saturated heterocycles. The van der Waals surface area contributed by atoms with Crippen molar-refractivity contribution in [1.82, 2.24) is 15.0 Å². The normalized spacial score (nSPS) is 10.2. The Balaban J connectivity index is 1.81. The number of hydrogen-bond donors (Lipinski definition) is 1. The van der Waals surface area contributed by atoms with E-state index in [0.717, 1.165) is 22.8 Å². The second-order valence-electron chi connectivity index (χ2n) is 4.43. The van der Waals surface area contributed by atoms with Gasteiger partial charge >= 0.3 is 0 Å². The fourth-order valence-electron chi connectivity index (χ4n) is 2.00. The second-order valence-corrected chi connectivity index (χ2v) is 4.43. The highest BCUT2D eigenvalue weighted by Crippen LogP contribution is 2.18. The fourth-order valence-corrected chi connectivity index (χ4v) is 2.00. The van der Waals surface area contributed by atoms with Crippen molar-refractivity contribution in [1.29, 1.82) is 5.26 Å². The van der Waals surface area contributed by atoms with Crippen LogP contribution in [-0.2, 0) is 6.42 Å². The van der Waals surface area contributed by atoms with Gasteiger partial charge in [-0.25, -0.2) is 4.98 Å². The Hall–Kier alpha value is -2.93. The standard InChI is InChI=1S/C16H12N4/c17-10-12-4-6-13(7-5-12)15-11-19-16(20-15)9-14-3-1-2-8-18-14/h1-8,11H,9H2,(H,19,20). The van der Waals surface area contributed by atoms with Gasteiger partial charge in [-0.15, -0.1) is 0 Å². The average molecular weight is 260 g/mol. The summed E-state index contributed by atoms with van der Waals surface area (Å²) in [7, 11) is 0. The Labute approximate surface area is 116 Å². The predicted molar refractivity (Wildman–Crippen MR) is 75.8 cm³/mol. The summed E-state index contributed by atoms with van der Waals surface area (Å²) in [5.41, 5.74) is 3.60. The smallest absolute Gasteiger partial charge is 0.112 e. The van der Waals surface area contributed by atoms with E-state index in [9.17, 15) is 0 Å². The van der Waals surface area contributed by atoms with Crippen LogP contribution in [0.4, 0.5) is 0 Å². The molecule has 0 saturated carbocycles. The molecular weight excluding hydrogens is 248 g/mol. The van der Waals surface area contributed by atoms with Crippen molar-refractivity contribution < 1.29 is 0 Å². The SMILES string of the molecule is N#Cc1ccc(-c2cnc(Cc3ccccn3)[nH]2)cc1. The number of pyridine rings is 1. The van der Waals surface area contributed by atoms with Gasteiger partial charge in [0, 0.05) is 18.3 Å². The van der Waals surface area contributed by atoms with Gasteiger partial charge in [0.25, 0.3) is 0 Å². The lowest BCUT2D eigenvalue weighted by Crippen LogP contribution is -1.93. The van der Waals surface area contributed by atoms with Gasteiger partial charge in [-0.3, -0.25) is 4.98 Å². The molecule has 3 aromatic rings. The van der Waals surface area contributed by atoms with Crippen molar-refractivity contribution in [2.75, 3.05) is 0 Å². The topological polar surface area (TPSA) is 65.4 Å². The molecule has 0 aliphatic carbocycles. The number of hydrogen-bond acceptors (Lipinski definition) is 3. The van der Waals surface area contributed by atoms with E-state index in [1.165, 1.54) is 0 Å². The number of imidazole rings is 1. The zero-order valence-corrected chi connectivity index (χ0v) is 10.7. The molecule has 1 aromatic carbocycles. The van der Waals surface area contributed by atoms with Crippen molar-refractivity contribution in [2.24, 2.45) is 0 Å². The Morgan fingerprint density at radius 1 is 1.05 bits per heavy atom. The third-order valence-electron chi connectivity index (χ3n) is 3.03. The van der Waals surface area contributed by atoms with Crippen LogP contribution in [0.3, 0.4) is 0 Å². The molecular formula is C16H12N4. The molecule has 2 aromatic heterocycles. The Bertz CT molecular complexity index is 736. The van der Waals surface area contributed by atoms with Gasteiger partial charge in [0.1, 0.15) is 5.82 Å². The second kappa shape index (κ2) is 5.37. The summed E-state index contributed by atoms with van der Waals surface area (Å²) in [4.78, 5) is 11.9. The average Bonchev–Trinajstić information content (AvgIpc) is 2.97. The first-order valence-corrected chi connectivity index (χ1v) is 6.29. The lowest BCUT2D eigenvalue weighted by molar-refractivity contribution is 0.977. The minimum absolute atomic E-state index is 0.655. The van der Waals surface area contributed by atoms with Crippen LogP contribution in [0.2, 0.25) is 0 Å². The molecule has 0 fully saturated rings. The molecule has 0 amide bonds. The number of aromatic nitrogens is 3. The first-order valence-electron chi connectivity index (χ1n) is 6.29. The zero-order chi connectivity index (χ0) is 13.8. The molecule has 2 heterocycles. The van der Waals surface area contributed by atoms with Crippen molar-refractivity contribution in [2.45, 2.75) is 6.42 Å². The summed E-state index contributed by atoms with van der Waals surface area (Å²) < 4.78 is 0. The van der Waals surface area contributed by atoms with Crippen LogP contribution in [0.15, 0.2) is 54.9 Å². The lowest BCUT2D eigenvalue weighted by Gasteiger charge is -1.98. The van der Waals surface area contributed by atoms with Crippen LogP contribution in [0.5, 0.6) is 0 Å². The number of nitrogens with zero attached hydrogens (tertiary/aromatic N) is 3. The molecule has 4 heteroatoms. The van der Waals surface area contributed by atoms with E-state index in [-0.39, 0.29) is 0 Å². The van der Waals surface area contributed by atoms with E-state index in [2.05, 4.69) is 21.0 Å². The maximum Gasteiger partial charge on any atom is 0.112 e. The molecule has 0 aliphatic rings. The van der Waals surface area contributed by atoms with E-state index in [1.807, 2.05) is 30.3 Å². The first-order chi connectivity index (χ1) is 9.85. The van der Waals surface area contributed by atoms with Gasteiger partial charge in [-0.05, 0) is 29.8 Å². The zero-order valence-electron chi connectivity index (χ0n) is 10.7. The fraction of sp³-hybridized carbons (Fsp3) is 0.0625. The molecule has 3 rings (SSSR count). The van der Waals surface area contributed by atoms with E-state index >= 15 is 0 Å². The molecule has 0 atom stereocenters. The van der Waals surface area contributed by atoms with Crippen LogP contribution >= 0.6 is 0 Å². The van der Waals surface area contributed by atoms with Gasteiger partial charge in [0.15, 0.2) is 0 Å². The molecule has 96 valence electrons. The molecule has 20 heavy (non-hydrogen) atoms. The number of nitriles is 1. The lowest BCUT2D eigenvalue weighted by atomic mass is 10.1. The molecule has 1 N–H and O–H groups in total. The summed E-state index contributed by atoms with van der Waals surface area (Å²) >= 11 is 0. The molecule has 0 bridgehead atoms. The maximum absolute atomic E-state index is 8.79.